The lowest BCUT2D eigenvalue weighted by molar-refractivity contribution is -0.153. The van der Waals surface area contributed by atoms with Gasteiger partial charge in [-0.3, -0.25) is 0 Å². The Kier molecular flexibility index (Phi) is 5.01. The van der Waals surface area contributed by atoms with Crippen molar-refractivity contribution in [2.45, 2.75) is 31.5 Å². The molecule has 3 rings (SSSR count). The van der Waals surface area contributed by atoms with Crippen LogP contribution in [0.5, 0.6) is 5.75 Å². The number of rotatable bonds is 6. The molecule has 2 aromatic carbocycles. The molecule has 0 heterocycles. The monoisotopic (exact) mass is 383 g/mol. The van der Waals surface area contributed by atoms with Crippen LogP contribution in [0.25, 0.3) is 0 Å². The van der Waals surface area contributed by atoms with Crippen molar-refractivity contribution in [2.24, 2.45) is 5.41 Å². The largest absolute Gasteiger partial charge is 0.482 e. The minimum Gasteiger partial charge on any atom is -0.482 e. The lowest BCUT2D eigenvalue weighted by Crippen LogP contribution is -2.20. The summed E-state index contributed by atoms with van der Waals surface area (Å²) in [7, 11) is -0.903. The van der Waals surface area contributed by atoms with Crippen molar-refractivity contribution in [1.29, 1.82) is 0 Å². The van der Waals surface area contributed by atoms with Crippen LogP contribution in [0.2, 0.25) is 5.54 Å². The molecular formula is C19H21F4NOSi. The van der Waals surface area contributed by atoms with Crippen molar-refractivity contribution in [1.82, 2.24) is 0 Å². The summed E-state index contributed by atoms with van der Waals surface area (Å²) < 4.78 is 55.6. The maximum atomic E-state index is 13.6. The van der Waals surface area contributed by atoms with Crippen LogP contribution >= 0.6 is 0 Å². The van der Waals surface area contributed by atoms with Crippen LogP contribution in [0, 0.1) is 11.2 Å². The average molecular weight is 383 g/mol. The summed E-state index contributed by atoms with van der Waals surface area (Å²) in [5.41, 5.74) is 2.13. The van der Waals surface area contributed by atoms with Gasteiger partial charge < -0.3 is 9.72 Å². The zero-order valence-corrected chi connectivity index (χ0v) is 16.0. The highest BCUT2D eigenvalue weighted by molar-refractivity contribution is 6.44. The number of hydrogen-bond donors (Lipinski definition) is 1. The molecule has 0 bridgehead atoms. The fourth-order valence-corrected chi connectivity index (χ4v) is 6.07. The van der Waals surface area contributed by atoms with Gasteiger partial charge in [0.15, 0.2) is 6.61 Å². The fourth-order valence-electron chi connectivity index (χ4n) is 3.59. The number of anilines is 1. The summed E-state index contributed by atoms with van der Waals surface area (Å²) in [6, 6.07) is 13.7. The first kappa shape index (κ1) is 18.8. The van der Waals surface area contributed by atoms with Gasteiger partial charge in [0.1, 0.15) is 21.2 Å². The van der Waals surface area contributed by atoms with Crippen LogP contribution in [0.4, 0.5) is 23.2 Å². The predicted octanol–water partition coefficient (Wildman–Crippen LogP) is 4.87. The fraction of sp³-hybridized carbons (Fsp3) is 0.368. The highest BCUT2D eigenvalue weighted by Gasteiger charge is 2.57. The van der Waals surface area contributed by atoms with Crippen LogP contribution in [0.15, 0.2) is 48.5 Å². The molecule has 140 valence electrons. The zero-order chi connectivity index (χ0) is 18.9. The summed E-state index contributed by atoms with van der Waals surface area (Å²) in [4.78, 5) is 3.21. The van der Waals surface area contributed by atoms with Crippen molar-refractivity contribution in [3.8, 4) is 5.75 Å². The van der Waals surface area contributed by atoms with E-state index in [1.54, 1.807) is 0 Å². The Bertz CT molecular complexity index is 764. The van der Waals surface area contributed by atoms with Gasteiger partial charge in [-0.15, -0.1) is 0 Å². The third-order valence-electron chi connectivity index (χ3n) is 5.05. The smallest absolute Gasteiger partial charge is 0.422 e. The molecule has 2 unspecified atom stereocenters. The molecule has 0 spiro atoms. The molecule has 26 heavy (non-hydrogen) atoms. The third-order valence-corrected chi connectivity index (χ3v) is 7.60. The van der Waals surface area contributed by atoms with E-state index in [4.69, 9.17) is 4.74 Å². The first-order valence-corrected chi connectivity index (χ1v) is 9.99. The van der Waals surface area contributed by atoms with Gasteiger partial charge in [0.25, 0.3) is 0 Å². The van der Waals surface area contributed by atoms with Crippen LogP contribution in [-0.4, -0.2) is 22.5 Å². The van der Waals surface area contributed by atoms with E-state index in [2.05, 4.69) is 31.0 Å². The van der Waals surface area contributed by atoms with Gasteiger partial charge in [-0.1, -0.05) is 44.2 Å². The first-order valence-electron chi connectivity index (χ1n) is 8.46. The summed E-state index contributed by atoms with van der Waals surface area (Å²) in [5, 5.41) is 0. The Hall–Kier alpha value is -2.02. The SMILES string of the molecule is CC1(C)C([SiH2]Nc2cc(F)ccc2OCC(F)(F)F)C1c1ccccc1. The molecule has 2 nitrogen and oxygen atoms in total. The van der Waals surface area contributed by atoms with Crippen molar-refractivity contribution in [3.63, 3.8) is 0 Å². The Labute approximate surface area is 152 Å². The van der Waals surface area contributed by atoms with E-state index in [0.717, 1.165) is 6.07 Å². The van der Waals surface area contributed by atoms with Gasteiger partial charge in [-0.2, -0.15) is 13.2 Å². The van der Waals surface area contributed by atoms with Gasteiger partial charge in [-0.05, 0) is 40.6 Å². The molecule has 2 aromatic rings. The van der Waals surface area contributed by atoms with Crippen LogP contribution in [-0.2, 0) is 0 Å². The van der Waals surface area contributed by atoms with Crippen molar-refractivity contribution >= 4 is 15.4 Å². The molecule has 1 fully saturated rings. The van der Waals surface area contributed by atoms with E-state index in [-0.39, 0.29) is 11.2 Å². The topological polar surface area (TPSA) is 21.3 Å². The molecule has 0 amide bonds. The molecule has 1 saturated carbocycles. The Balaban J connectivity index is 1.69. The normalized spacial score (nSPS) is 21.8. The van der Waals surface area contributed by atoms with E-state index in [1.807, 2.05) is 18.2 Å². The Morgan fingerprint density at radius 2 is 1.81 bits per heavy atom. The molecular weight excluding hydrogens is 362 g/mol. The second-order valence-electron chi connectivity index (χ2n) is 7.24. The molecule has 0 aromatic heterocycles. The molecule has 1 aliphatic rings. The maximum absolute atomic E-state index is 13.6. The minimum atomic E-state index is -4.43. The molecule has 7 heteroatoms. The molecule has 0 saturated heterocycles. The second-order valence-corrected chi connectivity index (χ2v) is 8.88. The van der Waals surface area contributed by atoms with E-state index >= 15 is 0 Å². The molecule has 0 aliphatic heterocycles. The lowest BCUT2D eigenvalue weighted by atomic mass is 10.0. The maximum Gasteiger partial charge on any atom is 0.422 e. The summed E-state index contributed by atoms with van der Waals surface area (Å²) >= 11 is 0. The van der Waals surface area contributed by atoms with Gasteiger partial charge >= 0.3 is 6.18 Å². The average Bonchev–Trinajstić information content (AvgIpc) is 3.12. The van der Waals surface area contributed by atoms with Gasteiger partial charge in [-0.25, -0.2) is 4.39 Å². The van der Waals surface area contributed by atoms with Crippen molar-refractivity contribution < 1.29 is 22.3 Å². The summed E-state index contributed by atoms with van der Waals surface area (Å²) in [5.74, 6) is -0.0579. The van der Waals surface area contributed by atoms with Gasteiger partial charge in [0, 0.05) is 0 Å². The lowest BCUT2D eigenvalue weighted by Gasteiger charge is -2.15. The second kappa shape index (κ2) is 6.94. The number of ether oxygens (including phenoxy) is 1. The quantitative estimate of drug-likeness (QED) is 0.567. The van der Waals surface area contributed by atoms with Crippen LogP contribution in [0.3, 0.4) is 0 Å². The van der Waals surface area contributed by atoms with Gasteiger partial charge in [0.05, 0.1) is 5.69 Å². The van der Waals surface area contributed by atoms with Crippen LogP contribution in [0.1, 0.15) is 25.3 Å². The molecule has 0 radical (unpaired) electrons. The number of benzene rings is 2. The van der Waals surface area contributed by atoms with Crippen LogP contribution < -0.4 is 9.72 Å². The number of alkyl halides is 3. The van der Waals surface area contributed by atoms with E-state index in [9.17, 15) is 17.6 Å². The predicted molar refractivity (Wildman–Crippen MR) is 96.8 cm³/mol. The number of nitrogens with one attached hydrogen (secondary N) is 1. The minimum absolute atomic E-state index is 0.0333. The molecule has 2 atom stereocenters. The van der Waals surface area contributed by atoms with Crippen molar-refractivity contribution in [2.75, 3.05) is 11.6 Å². The van der Waals surface area contributed by atoms with E-state index < -0.39 is 28.3 Å². The zero-order valence-electron chi connectivity index (χ0n) is 14.6. The number of hydrogen-bond acceptors (Lipinski definition) is 2. The van der Waals surface area contributed by atoms with Gasteiger partial charge in [0.2, 0.25) is 0 Å². The van der Waals surface area contributed by atoms with E-state index in [1.165, 1.54) is 17.7 Å². The Morgan fingerprint density at radius 1 is 1.12 bits per heavy atom. The molecule has 1 aliphatic carbocycles. The summed E-state index contributed by atoms with van der Waals surface area (Å²) in [6.45, 7) is 2.99. The number of halogens is 4. The highest BCUT2D eigenvalue weighted by atomic mass is 28.2. The van der Waals surface area contributed by atoms with E-state index in [0.29, 0.717) is 17.1 Å². The standard InChI is InChI=1S/C19H21F4NOSi/c1-18(2)16(12-6-4-3-5-7-12)17(18)26-24-14-10-13(20)8-9-15(14)25-11-19(21,22)23/h3-10,16-17,24H,11,26H2,1-2H3. The summed E-state index contributed by atoms with van der Waals surface area (Å²) in [6.07, 6.45) is -4.43. The highest BCUT2D eigenvalue weighted by Crippen LogP contribution is 2.68. The van der Waals surface area contributed by atoms with Crippen molar-refractivity contribution in [3.05, 3.63) is 59.9 Å². The Morgan fingerprint density at radius 3 is 2.46 bits per heavy atom. The first-order chi connectivity index (χ1) is 12.2. The third kappa shape index (κ3) is 4.20. The molecule has 1 N–H and O–H groups in total.